The van der Waals surface area contributed by atoms with Crippen LogP contribution in [0.15, 0.2) is 24.3 Å². The number of carbonyl (C=O) groups excluding carboxylic acids is 1. The van der Waals surface area contributed by atoms with Gasteiger partial charge in [-0.2, -0.15) is 4.52 Å². The van der Waals surface area contributed by atoms with E-state index in [1.165, 1.54) is 16.9 Å². The smallest absolute Gasteiger partial charge is 0.236 e. The van der Waals surface area contributed by atoms with Crippen LogP contribution in [0, 0.1) is 6.92 Å². The average molecular weight is 287 g/mol. The number of aryl methyl sites for hydroxylation is 1. The van der Waals surface area contributed by atoms with Crippen molar-refractivity contribution in [2.45, 2.75) is 20.3 Å². The molecule has 3 aromatic rings. The largest absolute Gasteiger partial charge is 0.301 e. The molecule has 7 heteroatoms. The number of anilines is 1. The van der Waals surface area contributed by atoms with Crippen molar-refractivity contribution in [3.8, 4) is 11.4 Å². The summed E-state index contributed by atoms with van der Waals surface area (Å²) in [4.78, 5) is 12.0. The van der Waals surface area contributed by atoms with Crippen molar-refractivity contribution in [3.63, 3.8) is 0 Å². The second kappa shape index (κ2) is 5.01. The maximum absolute atomic E-state index is 11.4. The van der Waals surface area contributed by atoms with Crippen LogP contribution in [0.25, 0.3) is 16.3 Å². The molecule has 102 valence electrons. The van der Waals surface area contributed by atoms with Crippen molar-refractivity contribution in [2.24, 2.45) is 0 Å². The Morgan fingerprint density at radius 3 is 2.75 bits per heavy atom. The summed E-state index contributed by atoms with van der Waals surface area (Å²) < 4.78 is 1.65. The Balaban J connectivity index is 2.00. The number of hydrogen-bond acceptors (Lipinski definition) is 5. The van der Waals surface area contributed by atoms with Crippen LogP contribution < -0.4 is 5.32 Å². The lowest BCUT2D eigenvalue weighted by molar-refractivity contribution is -0.115. The first kappa shape index (κ1) is 12.7. The summed E-state index contributed by atoms with van der Waals surface area (Å²) >= 11 is 1.31. The SMILES string of the molecule is CCC(=O)Nc1nn2c(-c3ccc(C)cc3)nnc2s1. The van der Waals surface area contributed by atoms with E-state index in [0.29, 0.717) is 22.3 Å². The number of hydrogen-bond donors (Lipinski definition) is 1. The monoisotopic (exact) mass is 287 g/mol. The molecule has 0 radical (unpaired) electrons. The van der Waals surface area contributed by atoms with E-state index in [0.717, 1.165) is 5.56 Å². The highest BCUT2D eigenvalue weighted by Gasteiger charge is 2.14. The molecule has 2 heterocycles. The van der Waals surface area contributed by atoms with Crippen LogP contribution in [-0.2, 0) is 4.79 Å². The van der Waals surface area contributed by atoms with Gasteiger partial charge in [-0.3, -0.25) is 4.79 Å². The van der Waals surface area contributed by atoms with E-state index in [-0.39, 0.29) is 5.91 Å². The number of aromatic nitrogens is 4. The zero-order chi connectivity index (χ0) is 14.1. The van der Waals surface area contributed by atoms with Crippen LogP contribution in [0.4, 0.5) is 5.13 Å². The van der Waals surface area contributed by atoms with Crippen molar-refractivity contribution >= 4 is 27.3 Å². The lowest BCUT2D eigenvalue weighted by Crippen LogP contribution is -2.09. The first-order chi connectivity index (χ1) is 9.67. The van der Waals surface area contributed by atoms with E-state index in [9.17, 15) is 4.79 Å². The molecule has 0 aliphatic heterocycles. The maximum atomic E-state index is 11.4. The molecule has 0 unspecified atom stereocenters. The van der Waals surface area contributed by atoms with Gasteiger partial charge in [-0.25, -0.2) is 0 Å². The van der Waals surface area contributed by atoms with E-state index < -0.39 is 0 Å². The predicted octanol–water partition coefficient (Wildman–Crippen LogP) is 2.51. The molecule has 3 rings (SSSR count). The van der Waals surface area contributed by atoms with Gasteiger partial charge in [0.05, 0.1) is 0 Å². The first-order valence-corrected chi connectivity index (χ1v) is 7.08. The summed E-state index contributed by atoms with van der Waals surface area (Å²) in [6.45, 7) is 3.83. The minimum Gasteiger partial charge on any atom is -0.301 e. The highest BCUT2D eigenvalue weighted by molar-refractivity contribution is 7.20. The number of carbonyl (C=O) groups is 1. The fourth-order valence-corrected chi connectivity index (χ4v) is 2.51. The van der Waals surface area contributed by atoms with E-state index in [1.807, 2.05) is 31.2 Å². The first-order valence-electron chi connectivity index (χ1n) is 6.26. The van der Waals surface area contributed by atoms with Crippen LogP contribution in [-0.4, -0.2) is 25.7 Å². The molecular formula is C13H13N5OS. The Hall–Kier alpha value is -2.28. The van der Waals surface area contributed by atoms with Crippen molar-refractivity contribution in [1.29, 1.82) is 0 Å². The third kappa shape index (κ3) is 2.27. The van der Waals surface area contributed by atoms with Gasteiger partial charge in [-0.05, 0) is 6.92 Å². The fraction of sp³-hybridized carbons (Fsp3) is 0.231. The highest BCUT2D eigenvalue weighted by Crippen LogP contribution is 2.24. The van der Waals surface area contributed by atoms with Gasteiger partial charge in [0.1, 0.15) is 0 Å². The van der Waals surface area contributed by atoms with E-state index in [1.54, 1.807) is 11.4 Å². The fourth-order valence-electron chi connectivity index (χ4n) is 1.76. The van der Waals surface area contributed by atoms with Crippen molar-refractivity contribution in [3.05, 3.63) is 29.8 Å². The molecule has 0 bridgehead atoms. The summed E-state index contributed by atoms with van der Waals surface area (Å²) in [5.74, 6) is 0.611. The van der Waals surface area contributed by atoms with Crippen molar-refractivity contribution < 1.29 is 4.79 Å². The molecule has 1 amide bonds. The number of nitrogens with one attached hydrogen (secondary N) is 1. The molecule has 0 saturated heterocycles. The van der Waals surface area contributed by atoms with Gasteiger partial charge >= 0.3 is 0 Å². The van der Waals surface area contributed by atoms with E-state index >= 15 is 0 Å². The minimum absolute atomic E-state index is 0.0631. The van der Waals surface area contributed by atoms with E-state index in [4.69, 9.17) is 0 Å². The lowest BCUT2D eigenvalue weighted by Gasteiger charge is -1.98. The Kier molecular flexibility index (Phi) is 3.19. The van der Waals surface area contributed by atoms with Gasteiger partial charge in [-0.15, -0.1) is 15.3 Å². The Morgan fingerprint density at radius 2 is 2.05 bits per heavy atom. The van der Waals surface area contributed by atoms with Crippen LogP contribution in [0.1, 0.15) is 18.9 Å². The molecule has 1 aromatic carbocycles. The van der Waals surface area contributed by atoms with Crippen LogP contribution in [0.2, 0.25) is 0 Å². The lowest BCUT2D eigenvalue weighted by atomic mass is 10.1. The zero-order valence-corrected chi connectivity index (χ0v) is 11.9. The normalized spacial score (nSPS) is 10.9. The molecule has 0 aliphatic rings. The molecule has 0 spiro atoms. The summed E-state index contributed by atoms with van der Waals surface area (Å²) in [5, 5.41) is 15.8. The third-order valence-corrected chi connectivity index (χ3v) is 3.68. The van der Waals surface area contributed by atoms with Crippen molar-refractivity contribution in [2.75, 3.05) is 5.32 Å². The summed E-state index contributed by atoms with van der Waals surface area (Å²) in [6.07, 6.45) is 0.422. The summed E-state index contributed by atoms with van der Waals surface area (Å²) in [6, 6.07) is 8.00. The Labute approximate surface area is 119 Å². The standard InChI is InChI=1S/C13H13N5OS/c1-3-10(19)14-12-17-18-11(15-16-13(18)20-12)9-6-4-8(2)5-7-9/h4-7H,3H2,1-2H3,(H,14,17,19). The van der Waals surface area contributed by atoms with Crippen LogP contribution in [0.5, 0.6) is 0 Å². The number of nitrogens with zero attached hydrogens (tertiary/aromatic N) is 4. The molecular weight excluding hydrogens is 274 g/mol. The quantitative estimate of drug-likeness (QED) is 0.803. The summed E-state index contributed by atoms with van der Waals surface area (Å²) in [5.41, 5.74) is 2.13. The Morgan fingerprint density at radius 1 is 1.30 bits per heavy atom. The van der Waals surface area contributed by atoms with Crippen LogP contribution >= 0.6 is 11.3 Å². The zero-order valence-electron chi connectivity index (χ0n) is 11.1. The molecule has 6 nitrogen and oxygen atoms in total. The second-order valence-corrected chi connectivity index (χ2v) is 5.35. The molecule has 1 N–H and O–H groups in total. The van der Waals surface area contributed by atoms with Crippen molar-refractivity contribution in [1.82, 2.24) is 19.8 Å². The van der Waals surface area contributed by atoms with Crippen LogP contribution in [0.3, 0.4) is 0 Å². The molecule has 2 aromatic heterocycles. The number of fused-ring (bicyclic) bond motifs is 1. The molecule has 0 aliphatic carbocycles. The molecule has 20 heavy (non-hydrogen) atoms. The van der Waals surface area contributed by atoms with Gasteiger partial charge in [-0.1, -0.05) is 48.1 Å². The number of amides is 1. The molecule has 0 fully saturated rings. The second-order valence-electron chi connectivity index (χ2n) is 4.39. The molecule has 0 atom stereocenters. The molecule has 0 saturated carbocycles. The van der Waals surface area contributed by atoms with Gasteiger partial charge in [0.25, 0.3) is 0 Å². The average Bonchev–Trinajstić information content (AvgIpc) is 2.99. The van der Waals surface area contributed by atoms with E-state index in [2.05, 4.69) is 20.6 Å². The predicted molar refractivity (Wildman–Crippen MR) is 77.8 cm³/mol. The highest BCUT2D eigenvalue weighted by atomic mass is 32.1. The van der Waals surface area contributed by atoms with Gasteiger partial charge in [0.2, 0.25) is 16.0 Å². The number of benzene rings is 1. The minimum atomic E-state index is -0.0631. The Bertz CT molecular complexity index is 759. The topological polar surface area (TPSA) is 72.2 Å². The summed E-state index contributed by atoms with van der Waals surface area (Å²) in [7, 11) is 0. The third-order valence-electron chi connectivity index (χ3n) is 2.87. The van der Waals surface area contributed by atoms with Gasteiger partial charge in [0.15, 0.2) is 5.82 Å². The van der Waals surface area contributed by atoms with Gasteiger partial charge < -0.3 is 5.32 Å². The maximum Gasteiger partial charge on any atom is 0.236 e. The number of rotatable bonds is 3. The van der Waals surface area contributed by atoms with Gasteiger partial charge in [0, 0.05) is 12.0 Å².